The van der Waals surface area contributed by atoms with Crippen molar-refractivity contribution in [1.82, 2.24) is 0 Å². The third-order valence-electron chi connectivity index (χ3n) is 1.21. The van der Waals surface area contributed by atoms with Gasteiger partial charge in [0.1, 0.15) is 5.75 Å². The lowest BCUT2D eigenvalue weighted by molar-refractivity contribution is 0.242. The van der Waals surface area contributed by atoms with E-state index in [0.717, 1.165) is 10.6 Å². The van der Waals surface area contributed by atoms with Gasteiger partial charge in [-0.2, -0.15) is 0 Å². The van der Waals surface area contributed by atoms with E-state index in [1.807, 2.05) is 38.1 Å². The van der Waals surface area contributed by atoms with E-state index in [0.29, 0.717) is 0 Å². The zero-order valence-corrected chi connectivity index (χ0v) is 7.64. The second kappa shape index (κ2) is 3.67. The smallest absolute Gasteiger partial charge is 0.119 e. The van der Waals surface area contributed by atoms with Crippen LogP contribution in [-0.2, 0) is 0 Å². The molecule has 0 aliphatic carbocycles. The Bertz CT molecular complexity index is 216. The van der Waals surface area contributed by atoms with Crippen LogP contribution in [0.2, 0.25) is 0 Å². The van der Waals surface area contributed by atoms with Crippen LogP contribution in [0, 0.1) is 0 Å². The molecule has 0 spiro atoms. The van der Waals surface area contributed by atoms with Gasteiger partial charge in [0.15, 0.2) is 0 Å². The molecule has 1 rings (SSSR count). The fourth-order valence-corrected chi connectivity index (χ4v) is 0.946. The summed E-state index contributed by atoms with van der Waals surface area (Å²) in [4.78, 5) is 0.959. The first kappa shape index (κ1) is 8.47. The van der Waals surface area contributed by atoms with Gasteiger partial charge in [-0.05, 0) is 38.1 Å². The van der Waals surface area contributed by atoms with Gasteiger partial charge < -0.3 is 4.74 Å². The van der Waals surface area contributed by atoms with E-state index in [9.17, 15) is 0 Å². The number of benzene rings is 1. The zero-order valence-electron chi connectivity index (χ0n) is 6.74. The van der Waals surface area contributed by atoms with Gasteiger partial charge in [-0.3, -0.25) is 0 Å². The minimum atomic E-state index is 0.237. The summed E-state index contributed by atoms with van der Waals surface area (Å²) in [6.45, 7) is 4.02. The van der Waals surface area contributed by atoms with Crippen LogP contribution in [0.3, 0.4) is 0 Å². The van der Waals surface area contributed by atoms with Gasteiger partial charge in [-0.15, -0.1) is 12.6 Å². The molecule has 1 aromatic rings. The monoisotopic (exact) mass is 168 g/mol. The summed E-state index contributed by atoms with van der Waals surface area (Å²) < 4.78 is 5.44. The van der Waals surface area contributed by atoms with Gasteiger partial charge in [0.25, 0.3) is 0 Å². The topological polar surface area (TPSA) is 9.23 Å². The van der Waals surface area contributed by atoms with Crippen molar-refractivity contribution in [3.05, 3.63) is 24.3 Å². The fraction of sp³-hybridized carbons (Fsp3) is 0.333. The molecule has 0 amide bonds. The van der Waals surface area contributed by atoms with Crippen molar-refractivity contribution in [1.29, 1.82) is 0 Å². The van der Waals surface area contributed by atoms with E-state index in [1.54, 1.807) is 0 Å². The Hall–Kier alpha value is -0.630. The van der Waals surface area contributed by atoms with Gasteiger partial charge in [0, 0.05) is 4.90 Å². The Balaban J connectivity index is 2.66. The van der Waals surface area contributed by atoms with E-state index in [-0.39, 0.29) is 6.10 Å². The minimum Gasteiger partial charge on any atom is -0.491 e. The predicted octanol–water partition coefficient (Wildman–Crippen LogP) is 2.76. The van der Waals surface area contributed by atoms with Crippen LogP contribution >= 0.6 is 12.6 Å². The Morgan fingerprint density at radius 2 is 1.73 bits per heavy atom. The Morgan fingerprint density at radius 3 is 2.18 bits per heavy atom. The average molecular weight is 168 g/mol. The van der Waals surface area contributed by atoms with Crippen molar-refractivity contribution in [2.45, 2.75) is 24.8 Å². The van der Waals surface area contributed by atoms with Gasteiger partial charge in [0.05, 0.1) is 6.10 Å². The average Bonchev–Trinajstić information content (AvgIpc) is 1.93. The van der Waals surface area contributed by atoms with E-state index in [2.05, 4.69) is 12.6 Å². The molecule has 0 unspecified atom stereocenters. The largest absolute Gasteiger partial charge is 0.491 e. The number of thiol groups is 1. The first-order valence-corrected chi connectivity index (χ1v) is 4.09. The summed E-state index contributed by atoms with van der Waals surface area (Å²) >= 11 is 4.17. The molecule has 0 aliphatic rings. The summed E-state index contributed by atoms with van der Waals surface area (Å²) in [5.41, 5.74) is 0. The highest BCUT2D eigenvalue weighted by Gasteiger charge is 1.95. The molecule has 60 valence electrons. The second-order valence-electron chi connectivity index (χ2n) is 2.66. The van der Waals surface area contributed by atoms with E-state index in [4.69, 9.17) is 4.74 Å². The molecule has 0 atom stereocenters. The molecule has 11 heavy (non-hydrogen) atoms. The highest BCUT2D eigenvalue weighted by Crippen LogP contribution is 2.15. The van der Waals surface area contributed by atoms with Crippen molar-refractivity contribution in [3.8, 4) is 5.75 Å². The van der Waals surface area contributed by atoms with Crippen LogP contribution in [0.4, 0.5) is 0 Å². The Morgan fingerprint density at radius 1 is 1.18 bits per heavy atom. The lowest BCUT2D eigenvalue weighted by Crippen LogP contribution is -2.04. The Labute approximate surface area is 72.8 Å². The molecule has 2 heteroatoms. The van der Waals surface area contributed by atoms with E-state index >= 15 is 0 Å². The molecule has 1 nitrogen and oxygen atoms in total. The van der Waals surface area contributed by atoms with Crippen LogP contribution in [0.25, 0.3) is 0 Å². The van der Waals surface area contributed by atoms with Crippen LogP contribution in [0.1, 0.15) is 13.8 Å². The molecule has 0 saturated carbocycles. The maximum atomic E-state index is 5.44. The molecule has 0 bridgehead atoms. The third-order valence-corrected chi connectivity index (χ3v) is 1.51. The molecule has 1 aromatic carbocycles. The van der Waals surface area contributed by atoms with Crippen molar-refractivity contribution >= 4 is 12.6 Å². The summed E-state index contributed by atoms with van der Waals surface area (Å²) in [6.07, 6.45) is 0.237. The maximum Gasteiger partial charge on any atom is 0.119 e. The quantitative estimate of drug-likeness (QED) is 0.668. The molecule has 0 aromatic heterocycles. The summed E-state index contributed by atoms with van der Waals surface area (Å²) in [5.74, 6) is 0.901. The summed E-state index contributed by atoms with van der Waals surface area (Å²) in [5, 5.41) is 0. The SMILES string of the molecule is CC(C)Oc1ccc(S)cc1. The highest BCUT2D eigenvalue weighted by molar-refractivity contribution is 7.80. The van der Waals surface area contributed by atoms with Gasteiger partial charge in [0.2, 0.25) is 0 Å². The molecular formula is C9H12OS. The van der Waals surface area contributed by atoms with Crippen molar-refractivity contribution < 1.29 is 4.74 Å². The van der Waals surface area contributed by atoms with Crippen LogP contribution in [0.15, 0.2) is 29.2 Å². The van der Waals surface area contributed by atoms with Crippen molar-refractivity contribution in [2.75, 3.05) is 0 Å². The van der Waals surface area contributed by atoms with Gasteiger partial charge in [-0.1, -0.05) is 0 Å². The number of ether oxygens (including phenoxy) is 1. The minimum absolute atomic E-state index is 0.237. The molecule has 0 aliphatic heterocycles. The van der Waals surface area contributed by atoms with E-state index < -0.39 is 0 Å². The first-order chi connectivity index (χ1) is 5.18. The van der Waals surface area contributed by atoms with Crippen LogP contribution in [0.5, 0.6) is 5.75 Å². The highest BCUT2D eigenvalue weighted by atomic mass is 32.1. The van der Waals surface area contributed by atoms with Crippen molar-refractivity contribution in [2.24, 2.45) is 0 Å². The molecule has 0 saturated heterocycles. The van der Waals surface area contributed by atoms with Gasteiger partial charge >= 0.3 is 0 Å². The molecule has 0 N–H and O–H groups in total. The summed E-state index contributed by atoms with van der Waals surface area (Å²) in [6, 6.07) is 7.67. The predicted molar refractivity (Wildman–Crippen MR) is 49.5 cm³/mol. The number of hydrogen-bond donors (Lipinski definition) is 1. The lowest BCUT2D eigenvalue weighted by atomic mass is 10.3. The first-order valence-electron chi connectivity index (χ1n) is 3.64. The maximum absolute atomic E-state index is 5.44. The normalized spacial score (nSPS) is 10.2. The van der Waals surface area contributed by atoms with Crippen LogP contribution < -0.4 is 4.74 Å². The lowest BCUT2D eigenvalue weighted by Gasteiger charge is -2.08. The van der Waals surface area contributed by atoms with Crippen LogP contribution in [-0.4, -0.2) is 6.10 Å². The van der Waals surface area contributed by atoms with Gasteiger partial charge in [-0.25, -0.2) is 0 Å². The van der Waals surface area contributed by atoms with Crippen molar-refractivity contribution in [3.63, 3.8) is 0 Å². The number of hydrogen-bond acceptors (Lipinski definition) is 2. The standard InChI is InChI=1S/C9H12OS/c1-7(2)10-8-3-5-9(11)6-4-8/h3-7,11H,1-2H3. The third kappa shape index (κ3) is 2.85. The molecule has 0 heterocycles. The molecule has 0 radical (unpaired) electrons. The second-order valence-corrected chi connectivity index (χ2v) is 3.18. The van der Waals surface area contributed by atoms with E-state index in [1.165, 1.54) is 0 Å². The molecule has 0 fully saturated rings. The zero-order chi connectivity index (χ0) is 8.27. The molecular weight excluding hydrogens is 156 g/mol. The number of rotatable bonds is 2. The fourth-order valence-electron chi connectivity index (χ4n) is 0.797. The Kier molecular flexibility index (Phi) is 2.83. The summed E-state index contributed by atoms with van der Waals surface area (Å²) in [7, 11) is 0.